The summed E-state index contributed by atoms with van der Waals surface area (Å²) in [6, 6.07) is 1.95. The second kappa shape index (κ2) is 6.51. The molecule has 1 aromatic carbocycles. The number of methoxy groups -OCH3 is 1. The number of rotatable bonds is 6. The minimum Gasteiger partial charge on any atom is -0.383 e. The number of hydrogen-bond acceptors (Lipinski definition) is 5. The number of nitro benzene ring substituents is 1. The Bertz CT molecular complexity index is 662. The van der Waals surface area contributed by atoms with Crippen LogP contribution < -0.4 is 5.32 Å². The molecule has 0 unspecified atom stereocenters. The zero-order chi connectivity index (χ0) is 15.4. The predicted octanol–water partition coefficient (Wildman–Crippen LogP) is 2.97. The average Bonchev–Trinajstić information content (AvgIpc) is 2.87. The van der Waals surface area contributed by atoms with Gasteiger partial charge in [0, 0.05) is 25.4 Å². The first-order chi connectivity index (χ1) is 10.0. The minimum atomic E-state index is -0.739. The maximum atomic E-state index is 13.5. The molecule has 21 heavy (non-hydrogen) atoms. The standard InChI is InChI=1S/C12H12ClFN4O3/c1-21-3-2-17-7-8(6-15-17)16-11-5-10(14)9(13)4-12(11)18(19)20/h4-7,16H,2-3H2,1H3. The predicted molar refractivity (Wildman–Crippen MR) is 75.5 cm³/mol. The smallest absolute Gasteiger partial charge is 0.294 e. The van der Waals surface area contributed by atoms with Gasteiger partial charge in [-0.1, -0.05) is 11.6 Å². The lowest BCUT2D eigenvalue weighted by Gasteiger charge is -2.06. The number of anilines is 2. The van der Waals surface area contributed by atoms with Crippen molar-refractivity contribution >= 4 is 28.7 Å². The van der Waals surface area contributed by atoms with E-state index in [4.69, 9.17) is 16.3 Å². The van der Waals surface area contributed by atoms with Crippen LogP contribution in [0.2, 0.25) is 5.02 Å². The molecule has 112 valence electrons. The van der Waals surface area contributed by atoms with Gasteiger partial charge in [-0.2, -0.15) is 5.10 Å². The van der Waals surface area contributed by atoms with E-state index in [2.05, 4.69) is 10.4 Å². The van der Waals surface area contributed by atoms with Gasteiger partial charge in [-0.05, 0) is 0 Å². The van der Waals surface area contributed by atoms with E-state index in [1.54, 1.807) is 18.0 Å². The zero-order valence-corrected chi connectivity index (χ0v) is 11.8. The Morgan fingerprint density at radius 1 is 1.57 bits per heavy atom. The minimum absolute atomic E-state index is 0.00758. The topological polar surface area (TPSA) is 82.2 Å². The number of ether oxygens (including phenoxy) is 1. The summed E-state index contributed by atoms with van der Waals surface area (Å²) in [6.07, 6.45) is 3.11. The lowest BCUT2D eigenvalue weighted by atomic mass is 10.2. The molecule has 0 aliphatic rings. The Labute approximate surface area is 124 Å². The molecule has 0 aliphatic carbocycles. The highest BCUT2D eigenvalue weighted by molar-refractivity contribution is 6.31. The number of nitrogens with zero attached hydrogens (tertiary/aromatic N) is 3. The third-order valence-electron chi connectivity index (χ3n) is 2.67. The van der Waals surface area contributed by atoms with E-state index in [0.29, 0.717) is 18.8 Å². The van der Waals surface area contributed by atoms with Crippen LogP contribution in [-0.4, -0.2) is 28.4 Å². The van der Waals surface area contributed by atoms with Gasteiger partial charge in [0.15, 0.2) is 0 Å². The monoisotopic (exact) mass is 314 g/mol. The van der Waals surface area contributed by atoms with Gasteiger partial charge in [0.1, 0.15) is 11.5 Å². The van der Waals surface area contributed by atoms with Crippen molar-refractivity contribution in [1.82, 2.24) is 9.78 Å². The highest BCUT2D eigenvalue weighted by atomic mass is 35.5. The molecule has 0 saturated heterocycles. The summed E-state index contributed by atoms with van der Waals surface area (Å²) in [4.78, 5) is 10.3. The van der Waals surface area contributed by atoms with Gasteiger partial charge in [0.05, 0.1) is 35.0 Å². The van der Waals surface area contributed by atoms with Crippen LogP contribution in [0.25, 0.3) is 0 Å². The van der Waals surface area contributed by atoms with Gasteiger partial charge in [-0.3, -0.25) is 14.8 Å². The number of aromatic nitrogens is 2. The molecule has 7 nitrogen and oxygen atoms in total. The fraction of sp³-hybridized carbons (Fsp3) is 0.250. The SMILES string of the molecule is COCCn1cc(Nc2cc(F)c(Cl)cc2[N+](=O)[O-])cn1. The molecule has 0 spiro atoms. The van der Waals surface area contributed by atoms with E-state index in [0.717, 1.165) is 12.1 Å². The van der Waals surface area contributed by atoms with Crippen LogP contribution in [0.1, 0.15) is 0 Å². The average molecular weight is 315 g/mol. The third-order valence-corrected chi connectivity index (χ3v) is 2.96. The molecular formula is C12H12ClFN4O3. The van der Waals surface area contributed by atoms with Crippen LogP contribution in [0.5, 0.6) is 0 Å². The van der Waals surface area contributed by atoms with Crippen molar-refractivity contribution in [2.45, 2.75) is 6.54 Å². The fourth-order valence-electron chi connectivity index (χ4n) is 1.68. The maximum absolute atomic E-state index is 13.5. The molecule has 0 atom stereocenters. The molecule has 0 radical (unpaired) electrons. The molecule has 2 rings (SSSR count). The van der Waals surface area contributed by atoms with Gasteiger partial charge in [-0.15, -0.1) is 0 Å². The Morgan fingerprint density at radius 2 is 2.33 bits per heavy atom. The number of hydrogen-bond donors (Lipinski definition) is 1. The summed E-state index contributed by atoms with van der Waals surface area (Å²) in [5.74, 6) is -0.739. The van der Waals surface area contributed by atoms with Crippen LogP contribution in [0.4, 0.5) is 21.5 Å². The lowest BCUT2D eigenvalue weighted by molar-refractivity contribution is -0.383. The molecule has 1 aromatic heterocycles. The first-order valence-corrected chi connectivity index (χ1v) is 6.31. The summed E-state index contributed by atoms with van der Waals surface area (Å²) in [7, 11) is 1.57. The highest BCUT2D eigenvalue weighted by Gasteiger charge is 2.18. The first-order valence-electron chi connectivity index (χ1n) is 5.93. The molecule has 0 amide bonds. The van der Waals surface area contributed by atoms with Crippen LogP contribution in [0.3, 0.4) is 0 Å². The van der Waals surface area contributed by atoms with Crippen molar-refractivity contribution in [2.75, 3.05) is 19.0 Å². The summed E-state index contributed by atoms with van der Waals surface area (Å²) < 4.78 is 20.0. The van der Waals surface area contributed by atoms with Crippen molar-refractivity contribution in [3.63, 3.8) is 0 Å². The normalized spacial score (nSPS) is 10.6. The molecule has 1 N–H and O–H groups in total. The van der Waals surface area contributed by atoms with E-state index in [1.807, 2.05) is 0 Å². The molecule has 0 bridgehead atoms. The van der Waals surface area contributed by atoms with E-state index >= 15 is 0 Å². The van der Waals surface area contributed by atoms with Crippen molar-refractivity contribution in [1.29, 1.82) is 0 Å². The number of halogens is 2. The fourth-order valence-corrected chi connectivity index (χ4v) is 1.84. The Balaban J connectivity index is 2.24. The van der Waals surface area contributed by atoms with Gasteiger partial charge in [0.25, 0.3) is 5.69 Å². The van der Waals surface area contributed by atoms with Gasteiger partial charge in [-0.25, -0.2) is 4.39 Å². The molecule has 9 heteroatoms. The number of nitro groups is 1. The van der Waals surface area contributed by atoms with Gasteiger partial charge in [0.2, 0.25) is 0 Å². The Kier molecular flexibility index (Phi) is 4.71. The Morgan fingerprint density at radius 3 is 3.00 bits per heavy atom. The van der Waals surface area contributed by atoms with Crippen molar-refractivity contribution in [3.8, 4) is 0 Å². The summed E-state index contributed by atoms with van der Waals surface area (Å²) >= 11 is 5.56. The van der Waals surface area contributed by atoms with Crippen molar-refractivity contribution in [3.05, 3.63) is 45.5 Å². The highest BCUT2D eigenvalue weighted by Crippen LogP contribution is 2.32. The number of nitrogens with one attached hydrogen (secondary N) is 1. The van der Waals surface area contributed by atoms with Crippen LogP contribution >= 0.6 is 11.6 Å². The van der Waals surface area contributed by atoms with Crippen molar-refractivity contribution < 1.29 is 14.1 Å². The zero-order valence-electron chi connectivity index (χ0n) is 11.0. The summed E-state index contributed by atoms with van der Waals surface area (Å²) in [5, 5.41) is 17.5. The molecule has 2 aromatic rings. The van der Waals surface area contributed by atoms with E-state index in [9.17, 15) is 14.5 Å². The third kappa shape index (κ3) is 3.67. The molecule has 0 aliphatic heterocycles. The first kappa shape index (κ1) is 15.2. The maximum Gasteiger partial charge on any atom is 0.294 e. The van der Waals surface area contributed by atoms with E-state index in [-0.39, 0.29) is 16.4 Å². The van der Waals surface area contributed by atoms with Crippen LogP contribution in [0, 0.1) is 15.9 Å². The summed E-state index contributed by atoms with van der Waals surface area (Å²) in [6.45, 7) is 1.02. The molecule has 0 saturated carbocycles. The second-order valence-corrected chi connectivity index (χ2v) is 4.56. The second-order valence-electron chi connectivity index (χ2n) is 4.15. The van der Waals surface area contributed by atoms with Gasteiger partial charge >= 0.3 is 0 Å². The van der Waals surface area contributed by atoms with Crippen molar-refractivity contribution in [2.24, 2.45) is 0 Å². The van der Waals surface area contributed by atoms with E-state index < -0.39 is 10.7 Å². The quantitative estimate of drug-likeness (QED) is 0.654. The van der Waals surface area contributed by atoms with Gasteiger partial charge < -0.3 is 10.1 Å². The molecular weight excluding hydrogens is 303 g/mol. The number of benzene rings is 1. The van der Waals surface area contributed by atoms with Crippen LogP contribution in [-0.2, 0) is 11.3 Å². The summed E-state index contributed by atoms with van der Waals surface area (Å²) in [5.41, 5.74) is 0.190. The largest absolute Gasteiger partial charge is 0.383 e. The molecule has 0 fully saturated rings. The van der Waals surface area contributed by atoms with E-state index in [1.165, 1.54) is 6.20 Å². The molecule has 1 heterocycles. The van der Waals surface area contributed by atoms with Crippen LogP contribution in [0.15, 0.2) is 24.5 Å². The Hall–Kier alpha value is -2.19. The lowest BCUT2D eigenvalue weighted by Crippen LogP contribution is -2.04.